The van der Waals surface area contributed by atoms with Crippen LogP contribution < -0.4 is 0 Å². The number of Topliss-reactive ketones (excluding diaryl/α,β-unsaturated/α-hetero) is 1. The van der Waals surface area contributed by atoms with Crippen molar-refractivity contribution in [1.29, 1.82) is 0 Å². The standard InChI is InChI=1S/C17H23NO3/c1-11-6-7-15(21-11)10-18(2)17(20)14-8-12-4-3-5-13(9-14)16(12)19/h6-7,12-14H,3-5,8-10H2,1-2H3/t12-,13+,14?. The number of hydrogen-bond donors (Lipinski definition) is 0. The highest BCUT2D eigenvalue weighted by molar-refractivity contribution is 5.88. The van der Waals surface area contributed by atoms with Crippen LogP contribution in [0.1, 0.15) is 43.6 Å². The summed E-state index contributed by atoms with van der Waals surface area (Å²) in [6.07, 6.45) is 4.58. The van der Waals surface area contributed by atoms with Gasteiger partial charge in [-0.3, -0.25) is 9.59 Å². The van der Waals surface area contributed by atoms with E-state index in [1.54, 1.807) is 4.90 Å². The number of nitrogens with zero attached hydrogens (tertiary/aromatic N) is 1. The molecule has 2 aliphatic rings. The Bertz CT molecular complexity index is 532. The van der Waals surface area contributed by atoms with Crippen LogP contribution in [0.2, 0.25) is 0 Å². The fourth-order valence-electron chi connectivity index (χ4n) is 3.87. The molecule has 0 saturated heterocycles. The first-order valence-corrected chi connectivity index (χ1v) is 7.88. The molecule has 1 unspecified atom stereocenters. The van der Waals surface area contributed by atoms with E-state index < -0.39 is 0 Å². The van der Waals surface area contributed by atoms with Gasteiger partial charge in [0.1, 0.15) is 17.3 Å². The lowest BCUT2D eigenvalue weighted by Gasteiger charge is -2.38. The summed E-state index contributed by atoms with van der Waals surface area (Å²) in [7, 11) is 1.83. The van der Waals surface area contributed by atoms with Gasteiger partial charge in [0, 0.05) is 24.8 Å². The van der Waals surface area contributed by atoms with Gasteiger partial charge in [0.15, 0.2) is 0 Å². The van der Waals surface area contributed by atoms with Crippen LogP contribution in [0.4, 0.5) is 0 Å². The first-order valence-electron chi connectivity index (χ1n) is 7.88. The molecule has 2 fully saturated rings. The lowest BCUT2D eigenvalue weighted by Crippen LogP contribution is -2.42. The Balaban J connectivity index is 1.63. The number of amides is 1. The smallest absolute Gasteiger partial charge is 0.225 e. The second-order valence-electron chi connectivity index (χ2n) is 6.60. The lowest BCUT2D eigenvalue weighted by molar-refractivity contribution is -0.142. The molecule has 3 rings (SSSR count). The molecular weight excluding hydrogens is 266 g/mol. The van der Waals surface area contributed by atoms with Gasteiger partial charge in [-0.1, -0.05) is 6.42 Å². The summed E-state index contributed by atoms with van der Waals surface area (Å²) in [4.78, 5) is 26.5. The number of ketones is 1. The summed E-state index contributed by atoms with van der Waals surface area (Å²) in [5.74, 6) is 2.53. The van der Waals surface area contributed by atoms with Crippen molar-refractivity contribution in [2.75, 3.05) is 7.05 Å². The molecule has 0 spiro atoms. The number of aryl methyl sites for hydroxylation is 1. The van der Waals surface area contributed by atoms with Gasteiger partial charge < -0.3 is 9.32 Å². The van der Waals surface area contributed by atoms with E-state index in [1.807, 2.05) is 26.1 Å². The maximum Gasteiger partial charge on any atom is 0.225 e. The highest BCUT2D eigenvalue weighted by atomic mass is 16.3. The monoisotopic (exact) mass is 289 g/mol. The summed E-state index contributed by atoms with van der Waals surface area (Å²) in [6, 6.07) is 3.83. The Labute approximate surface area is 125 Å². The fraction of sp³-hybridized carbons (Fsp3) is 0.647. The van der Waals surface area contributed by atoms with Crippen molar-refractivity contribution >= 4 is 11.7 Å². The van der Waals surface area contributed by atoms with Gasteiger partial charge in [-0.05, 0) is 44.7 Å². The van der Waals surface area contributed by atoms with Crippen LogP contribution in [0, 0.1) is 24.7 Å². The van der Waals surface area contributed by atoms with E-state index in [0.29, 0.717) is 12.3 Å². The highest BCUT2D eigenvalue weighted by Gasteiger charge is 2.41. The molecule has 2 saturated carbocycles. The van der Waals surface area contributed by atoms with Crippen molar-refractivity contribution in [3.05, 3.63) is 23.7 Å². The number of furan rings is 1. The van der Waals surface area contributed by atoms with Crippen molar-refractivity contribution in [2.24, 2.45) is 17.8 Å². The van der Waals surface area contributed by atoms with E-state index in [1.165, 1.54) is 0 Å². The Morgan fingerprint density at radius 1 is 1.29 bits per heavy atom. The second kappa shape index (κ2) is 5.66. The fourth-order valence-corrected chi connectivity index (χ4v) is 3.87. The van der Waals surface area contributed by atoms with Gasteiger partial charge in [-0.2, -0.15) is 0 Å². The third-order valence-electron chi connectivity index (χ3n) is 4.96. The topological polar surface area (TPSA) is 50.5 Å². The van der Waals surface area contributed by atoms with E-state index in [9.17, 15) is 9.59 Å². The number of rotatable bonds is 3. The molecule has 0 aromatic carbocycles. The van der Waals surface area contributed by atoms with E-state index in [4.69, 9.17) is 4.42 Å². The molecule has 2 aliphatic carbocycles. The zero-order valence-electron chi connectivity index (χ0n) is 12.8. The molecule has 1 aromatic rings. The van der Waals surface area contributed by atoms with Gasteiger partial charge in [0.25, 0.3) is 0 Å². The Kier molecular flexibility index (Phi) is 3.87. The summed E-state index contributed by atoms with van der Waals surface area (Å²) in [6.45, 7) is 2.41. The average molecular weight is 289 g/mol. The van der Waals surface area contributed by atoms with Gasteiger partial charge in [0.05, 0.1) is 6.54 Å². The molecule has 1 heterocycles. The average Bonchev–Trinajstić information content (AvgIpc) is 2.83. The molecular formula is C17H23NO3. The lowest BCUT2D eigenvalue weighted by atomic mass is 9.67. The Morgan fingerprint density at radius 3 is 2.52 bits per heavy atom. The third-order valence-corrected chi connectivity index (χ3v) is 4.96. The largest absolute Gasteiger partial charge is 0.464 e. The Morgan fingerprint density at radius 2 is 1.95 bits per heavy atom. The van der Waals surface area contributed by atoms with Crippen molar-refractivity contribution in [1.82, 2.24) is 4.90 Å². The molecule has 114 valence electrons. The minimum atomic E-state index is 0.0130. The minimum absolute atomic E-state index is 0.0130. The molecule has 3 atom stereocenters. The quantitative estimate of drug-likeness (QED) is 0.859. The first kappa shape index (κ1) is 14.4. The molecule has 0 radical (unpaired) electrons. The van der Waals surface area contributed by atoms with E-state index in [2.05, 4.69) is 0 Å². The van der Waals surface area contributed by atoms with Crippen LogP contribution in [-0.2, 0) is 16.1 Å². The van der Waals surface area contributed by atoms with E-state index in [0.717, 1.165) is 43.6 Å². The maximum absolute atomic E-state index is 12.6. The molecule has 1 amide bonds. The SMILES string of the molecule is Cc1ccc(CN(C)C(=O)C2C[C@H]3CCC[C@@H](C2)C3=O)o1. The predicted octanol–water partition coefficient (Wildman–Crippen LogP) is 2.94. The number of carbonyl (C=O) groups excluding carboxylic acids is 2. The van der Waals surface area contributed by atoms with Crippen LogP contribution in [0.3, 0.4) is 0 Å². The number of hydrogen-bond acceptors (Lipinski definition) is 3. The van der Waals surface area contributed by atoms with E-state index >= 15 is 0 Å². The molecule has 4 heteroatoms. The predicted molar refractivity (Wildman–Crippen MR) is 78.5 cm³/mol. The van der Waals surface area contributed by atoms with Crippen molar-refractivity contribution in [3.8, 4) is 0 Å². The molecule has 21 heavy (non-hydrogen) atoms. The van der Waals surface area contributed by atoms with Gasteiger partial charge in [-0.15, -0.1) is 0 Å². The summed E-state index contributed by atoms with van der Waals surface area (Å²) >= 11 is 0. The molecule has 0 aliphatic heterocycles. The van der Waals surface area contributed by atoms with Gasteiger partial charge in [-0.25, -0.2) is 0 Å². The summed E-state index contributed by atoms with van der Waals surface area (Å²) in [5.41, 5.74) is 0. The number of fused-ring (bicyclic) bond motifs is 2. The second-order valence-corrected chi connectivity index (χ2v) is 6.60. The zero-order chi connectivity index (χ0) is 15.0. The molecule has 4 nitrogen and oxygen atoms in total. The molecule has 0 N–H and O–H groups in total. The summed E-state index contributed by atoms with van der Waals surface area (Å²) < 4.78 is 5.54. The minimum Gasteiger partial charge on any atom is -0.464 e. The van der Waals surface area contributed by atoms with Crippen molar-refractivity contribution in [3.63, 3.8) is 0 Å². The highest BCUT2D eigenvalue weighted by Crippen LogP contribution is 2.40. The Hall–Kier alpha value is -1.58. The summed E-state index contributed by atoms with van der Waals surface area (Å²) in [5, 5.41) is 0. The van der Waals surface area contributed by atoms with Crippen molar-refractivity contribution < 1.29 is 14.0 Å². The number of carbonyl (C=O) groups is 2. The first-order chi connectivity index (χ1) is 10.0. The van der Waals surface area contributed by atoms with Gasteiger partial charge >= 0.3 is 0 Å². The van der Waals surface area contributed by atoms with Crippen LogP contribution in [-0.4, -0.2) is 23.6 Å². The normalized spacial score (nSPS) is 28.5. The van der Waals surface area contributed by atoms with Crippen LogP contribution in [0.15, 0.2) is 16.5 Å². The van der Waals surface area contributed by atoms with E-state index in [-0.39, 0.29) is 23.7 Å². The van der Waals surface area contributed by atoms with Crippen LogP contribution >= 0.6 is 0 Å². The zero-order valence-corrected chi connectivity index (χ0v) is 12.8. The van der Waals surface area contributed by atoms with Gasteiger partial charge in [0.2, 0.25) is 5.91 Å². The molecule has 1 aromatic heterocycles. The maximum atomic E-state index is 12.6. The third kappa shape index (κ3) is 2.89. The van der Waals surface area contributed by atoms with Crippen molar-refractivity contribution in [2.45, 2.75) is 45.6 Å². The van der Waals surface area contributed by atoms with Crippen LogP contribution in [0.25, 0.3) is 0 Å². The molecule has 2 bridgehead atoms. The van der Waals surface area contributed by atoms with Crippen LogP contribution in [0.5, 0.6) is 0 Å².